The Hall–Kier alpha value is -0.870. The molecule has 4 heteroatoms. The molecule has 1 atom stereocenters. The number of carbonyl (C=O) groups is 1. The SMILES string of the molecule is CN[C@H](C)c1ccc(NC(C)=O)s1. The molecule has 1 aromatic heterocycles. The third-order valence-corrected chi connectivity index (χ3v) is 2.97. The predicted molar refractivity (Wildman–Crippen MR) is 56.1 cm³/mol. The molecule has 0 radical (unpaired) electrons. The van der Waals surface area contributed by atoms with Crippen LogP contribution in [-0.2, 0) is 4.79 Å². The third-order valence-electron chi connectivity index (χ3n) is 1.79. The number of rotatable bonds is 3. The van der Waals surface area contributed by atoms with Crippen molar-refractivity contribution in [2.45, 2.75) is 19.9 Å². The number of amides is 1. The van der Waals surface area contributed by atoms with Crippen LogP contribution in [0.15, 0.2) is 12.1 Å². The molecule has 72 valence electrons. The van der Waals surface area contributed by atoms with Crippen molar-refractivity contribution in [3.05, 3.63) is 17.0 Å². The lowest BCUT2D eigenvalue weighted by molar-refractivity contribution is -0.114. The van der Waals surface area contributed by atoms with Crippen LogP contribution in [0.4, 0.5) is 5.00 Å². The first-order valence-corrected chi connectivity index (χ1v) is 4.99. The molecule has 2 N–H and O–H groups in total. The number of nitrogens with one attached hydrogen (secondary N) is 2. The molecule has 0 fully saturated rings. The fourth-order valence-corrected chi connectivity index (χ4v) is 1.98. The van der Waals surface area contributed by atoms with Gasteiger partial charge in [0.05, 0.1) is 5.00 Å². The number of hydrogen-bond acceptors (Lipinski definition) is 3. The summed E-state index contributed by atoms with van der Waals surface area (Å²) in [7, 11) is 1.92. The van der Waals surface area contributed by atoms with Crippen molar-refractivity contribution in [1.82, 2.24) is 5.32 Å². The summed E-state index contributed by atoms with van der Waals surface area (Å²) in [6.45, 7) is 3.60. The highest BCUT2D eigenvalue weighted by Crippen LogP contribution is 2.26. The number of hydrogen-bond donors (Lipinski definition) is 2. The molecule has 0 saturated heterocycles. The molecule has 0 unspecified atom stereocenters. The fourth-order valence-electron chi connectivity index (χ4n) is 0.968. The highest BCUT2D eigenvalue weighted by atomic mass is 32.1. The first kappa shape index (κ1) is 10.2. The second-order valence-corrected chi connectivity index (χ2v) is 4.01. The molecule has 0 bridgehead atoms. The van der Waals surface area contributed by atoms with Crippen molar-refractivity contribution in [3.8, 4) is 0 Å². The summed E-state index contributed by atoms with van der Waals surface area (Å²) in [4.78, 5) is 12.0. The zero-order chi connectivity index (χ0) is 9.84. The molecule has 0 aliphatic heterocycles. The van der Waals surface area contributed by atoms with Gasteiger partial charge < -0.3 is 10.6 Å². The molecule has 0 saturated carbocycles. The van der Waals surface area contributed by atoms with Crippen molar-refractivity contribution in [1.29, 1.82) is 0 Å². The summed E-state index contributed by atoms with van der Waals surface area (Å²) in [6, 6.07) is 4.29. The van der Waals surface area contributed by atoms with Crippen molar-refractivity contribution in [2.75, 3.05) is 12.4 Å². The molecule has 0 aliphatic carbocycles. The van der Waals surface area contributed by atoms with E-state index < -0.39 is 0 Å². The second kappa shape index (κ2) is 4.39. The van der Waals surface area contributed by atoms with Crippen LogP contribution in [0.25, 0.3) is 0 Å². The van der Waals surface area contributed by atoms with Crippen molar-refractivity contribution >= 4 is 22.2 Å². The van der Waals surface area contributed by atoms with Gasteiger partial charge in [-0.1, -0.05) is 0 Å². The van der Waals surface area contributed by atoms with E-state index in [2.05, 4.69) is 17.6 Å². The van der Waals surface area contributed by atoms with Crippen LogP contribution >= 0.6 is 11.3 Å². The molecule has 0 aromatic carbocycles. The number of anilines is 1. The summed E-state index contributed by atoms with van der Waals surface area (Å²) < 4.78 is 0. The Labute approximate surface area is 82.2 Å². The van der Waals surface area contributed by atoms with Gasteiger partial charge in [-0.05, 0) is 26.1 Å². The molecule has 13 heavy (non-hydrogen) atoms. The van der Waals surface area contributed by atoms with Gasteiger partial charge in [-0.15, -0.1) is 11.3 Å². The van der Waals surface area contributed by atoms with Crippen LogP contribution in [0.2, 0.25) is 0 Å². The topological polar surface area (TPSA) is 41.1 Å². The van der Waals surface area contributed by atoms with Gasteiger partial charge in [0.2, 0.25) is 5.91 Å². The minimum Gasteiger partial charge on any atom is -0.318 e. The standard InChI is InChI=1S/C9H14N2OS/c1-6(10-3)8-4-5-9(13-8)11-7(2)12/h4-6,10H,1-3H3,(H,11,12)/t6-/m1/s1. The fraction of sp³-hybridized carbons (Fsp3) is 0.444. The highest BCUT2D eigenvalue weighted by molar-refractivity contribution is 7.16. The van der Waals surface area contributed by atoms with Gasteiger partial charge in [0.15, 0.2) is 0 Å². The van der Waals surface area contributed by atoms with E-state index in [-0.39, 0.29) is 5.91 Å². The maximum Gasteiger partial charge on any atom is 0.221 e. The van der Waals surface area contributed by atoms with E-state index in [1.165, 1.54) is 11.8 Å². The first-order chi connectivity index (χ1) is 6.13. The van der Waals surface area contributed by atoms with Gasteiger partial charge in [-0.3, -0.25) is 4.79 Å². The number of thiophene rings is 1. The Morgan fingerprint density at radius 3 is 2.77 bits per heavy atom. The summed E-state index contributed by atoms with van der Waals surface area (Å²) >= 11 is 1.60. The van der Waals surface area contributed by atoms with Gasteiger partial charge in [-0.2, -0.15) is 0 Å². The van der Waals surface area contributed by atoms with Crippen molar-refractivity contribution in [3.63, 3.8) is 0 Å². The maximum absolute atomic E-state index is 10.7. The highest BCUT2D eigenvalue weighted by Gasteiger charge is 2.06. The quantitative estimate of drug-likeness (QED) is 0.779. The summed E-state index contributed by atoms with van der Waals surface area (Å²) in [6.07, 6.45) is 0. The maximum atomic E-state index is 10.7. The van der Waals surface area contributed by atoms with E-state index in [0.717, 1.165) is 5.00 Å². The molecule has 1 aromatic rings. The van der Waals surface area contributed by atoms with E-state index in [4.69, 9.17) is 0 Å². The van der Waals surface area contributed by atoms with Crippen LogP contribution in [-0.4, -0.2) is 13.0 Å². The molecule has 0 spiro atoms. The Morgan fingerprint density at radius 1 is 1.54 bits per heavy atom. The largest absolute Gasteiger partial charge is 0.318 e. The van der Waals surface area contributed by atoms with Gasteiger partial charge in [-0.25, -0.2) is 0 Å². The summed E-state index contributed by atoms with van der Waals surface area (Å²) in [5.41, 5.74) is 0. The van der Waals surface area contributed by atoms with Gasteiger partial charge in [0.1, 0.15) is 0 Å². The second-order valence-electron chi connectivity index (χ2n) is 2.89. The van der Waals surface area contributed by atoms with E-state index in [1.54, 1.807) is 11.3 Å². The van der Waals surface area contributed by atoms with Crippen LogP contribution in [0.5, 0.6) is 0 Å². The van der Waals surface area contributed by atoms with Crippen molar-refractivity contribution < 1.29 is 4.79 Å². The van der Waals surface area contributed by atoms with E-state index in [0.29, 0.717) is 6.04 Å². The van der Waals surface area contributed by atoms with Crippen LogP contribution in [0.3, 0.4) is 0 Å². The average molecular weight is 198 g/mol. The average Bonchev–Trinajstić information content (AvgIpc) is 2.50. The summed E-state index contributed by atoms with van der Waals surface area (Å²) in [5.74, 6) is -0.0227. The van der Waals surface area contributed by atoms with E-state index in [9.17, 15) is 4.79 Å². The lowest BCUT2D eigenvalue weighted by atomic mass is 10.3. The Kier molecular flexibility index (Phi) is 3.45. The lowest BCUT2D eigenvalue weighted by Crippen LogP contribution is -2.10. The molecule has 1 rings (SSSR count). The summed E-state index contributed by atoms with van der Waals surface area (Å²) in [5, 5.41) is 6.81. The van der Waals surface area contributed by atoms with Crippen LogP contribution in [0, 0.1) is 0 Å². The Morgan fingerprint density at radius 2 is 2.23 bits per heavy atom. The van der Waals surface area contributed by atoms with Crippen molar-refractivity contribution in [2.24, 2.45) is 0 Å². The minimum atomic E-state index is -0.0227. The van der Waals surface area contributed by atoms with Crippen LogP contribution in [0.1, 0.15) is 24.8 Å². The lowest BCUT2D eigenvalue weighted by Gasteiger charge is -2.05. The molecule has 3 nitrogen and oxygen atoms in total. The predicted octanol–water partition coefficient (Wildman–Crippen LogP) is 1.99. The smallest absolute Gasteiger partial charge is 0.221 e. The van der Waals surface area contributed by atoms with Gasteiger partial charge >= 0.3 is 0 Å². The van der Waals surface area contributed by atoms with E-state index >= 15 is 0 Å². The molecule has 1 amide bonds. The monoisotopic (exact) mass is 198 g/mol. The normalized spacial score (nSPS) is 12.5. The molecular weight excluding hydrogens is 184 g/mol. The zero-order valence-electron chi connectivity index (χ0n) is 8.05. The zero-order valence-corrected chi connectivity index (χ0v) is 8.87. The molecule has 0 aliphatic rings. The van der Waals surface area contributed by atoms with Crippen LogP contribution < -0.4 is 10.6 Å². The first-order valence-electron chi connectivity index (χ1n) is 4.18. The van der Waals surface area contributed by atoms with E-state index in [1.807, 2.05) is 19.2 Å². The molecule has 1 heterocycles. The Bertz CT molecular complexity index is 296. The Balaban J connectivity index is 2.68. The van der Waals surface area contributed by atoms with Gasteiger partial charge in [0, 0.05) is 17.8 Å². The minimum absolute atomic E-state index is 0.0227. The third kappa shape index (κ3) is 2.82. The van der Waals surface area contributed by atoms with Gasteiger partial charge in [0.25, 0.3) is 0 Å². The number of carbonyl (C=O) groups excluding carboxylic acids is 1. The molecular formula is C9H14N2OS.